The van der Waals surface area contributed by atoms with Gasteiger partial charge in [0.05, 0.1) is 12.4 Å². The van der Waals surface area contributed by atoms with E-state index in [1.165, 1.54) is 41.9 Å². The van der Waals surface area contributed by atoms with Gasteiger partial charge in [0.25, 0.3) is 0 Å². The van der Waals surface area contributed by atoms with Crippen LogP contribution in [-0.2, 0) is 13.1 Å². The molecule has 1 fully saturated rings. The molecule has 0 radical (unpaired) electrons. The summed E-state index contributed by atoms with van der Waals surface area (Å²) in [7, 11) is 1.83. The van der Waals surface area contributed by atoms with Crippen molar-refractivity contribution in [2.75, 3.05) is 26.7 Å². The maximum Gasteiger partial charge on any atom is 0.191 e. The molecular weight excluding hydrogens is 519 g/mol. The fraction of sp³-hybridized carbons (Fsp3) is 0.391. The lowest BCUT2D eigenvalue weighted by Crippen LogP contribution is -2.42. The van der Waals surface area contributed by atoms with Gasteiger partial charge >= 0.3 is 0 Å². The molecule has 3 heterocycles. The topological polar surface area (TPSA) is 57.5 Å². The van der Waals surface area contributed by atoms with E-state index in [0.29, 0.717) is 6.04 Å². The predicted octanol–water partition coefficient (Wildman–Crippen LogP) is 4.11. The van der Waals surface area contributed by atoms with Crippen LogP contribution in [0.15, 0.2) is 65.5 Å². The number of imidazole rings is 1. The smallest absolute Gasteiger partial charge is 0.191 e. The van der Waals surface area contributed by atoms with Gasteiger partial charge in [-0.15, -0.1) is 35.3 Å². The highest BCUT2D eigenvalue weighted by Gasteiger charge is 2.24. The number of hydrogen-bond donors (Lipinski definition) is 2. The first-order chi connectivity index (χ1) is 14.8. The summed E-state index contributed by atoms with van der Waals surface area (Å²) in [4.78, 5) is 12.5. The number of rotatable bonds is 8. The van der Waals surface area contributed by atoms with E-state index in [1.807, 2.05) is 37.1 Å². The number of likely N-dealkylation sites (tertiary alicyclic amines) is 1. The second-order valence-electron chi connectivity index (χ2n) is 7.63. The number of nitrogens with one attached hydrogen (secondary N) is 2. The zero-order chi connectivity index (χ0) is 20.6. The monoisotopic (exact) mass is 550 g/mol. The van der Waals surface area contributed by atoms with E-state index in [2.05, 4.69) is 71.9 Å². The van der Waals surface area contributed by atoms with Gasteiger partial charge in [-0.1, -0.05) is 30.3 Å². The molecule has 31 heavy (non-hydrogen) atoms. The molecule has 166 valence electrons. The van der Waals surface area contributed by atoms with Crippen LogP contribution in [0.25, 0.3) is 0 Å². The summed E-state index contributed by atoms with van der Waals surface area (Å²) in [6.45, 7) is 4.82. The van der Waals surface area contributed by atoms with E-state index < -0.39 is 0 Å². The number of nitrogens with zero attached hydrogens (tertiary/aromatic N) is 4. The van der Waals surface area contributed by atoms with Crippen LogP contribution in [0, 0.1) is 0 Å². The van der Waals surface area contributed by atoms with E-state index in [-0.39, 0.29) is 24.0 Å². The minimum atomic E-state index is 0. The Kier molecular flexibility index (Phi) is 9.35. The number of aromatic nitrogens is 2. The Morgan fingerprint density at radius 2 is 1.90 bits per heavy atom. The average Bonchev–Trinajstić information content (AvgIpc) is 3.56. The quantitative estimate of drug-likeness (QED) is 0.252. The fourth-order valence-corrected chi connectivity index (χ4v) is 4.76. The Balaban J connectivity index is 0.00000272. The van der Waals surface area contributed by atoms with Crippen LogP contribution in [-0.4, -0.2) is 47.1 Å². The van der Waals surface area contributed by atoms with E-state index in [4.69, 9.17) is 0 Å². The van der Waals surface area contributed by atoms with Crippen molar-refractivity contribution in [3.63, 3.8) is 0 Å². The van der Waals surface area contributed by atoms with Crippen molar-refractivity contribution in [3.8, 4) is 0 Å². The van der Waals surface area contributed by atoms with E-state index >= 15 is 0 Å². The van der Waals surface area contributed by atoms with E-state index in [0.717, 1.165) is 25.6 Å². The van der Waals surface area contributed by atoms with Crippen LogP contribution < -0.4 is 10.6 Å². The summed E-state index contributed by atoms with van der Waals surface area (Å²) in [5.41, 5.74) is 2.50. The van der Waals surface area contributed by atoms with Gasteiger partial charge in [-0.2, -0.15) is 0 Å². The first-order valence-corrected chi connectivity index (χ1v) is 11.5. The molecule has 3 aromatic rings. The first kappa shape index (κ1) is 23.7. The highest BCUT2D eigenvalue weighted by Crippen LogP contribution is 2.27. The van der Waals surface area contributed by atoms with Crippen molar-refractivity contribution < 1.29 is 0 Å². The van der Waals surface area contributed by atoms with Crippen LogP contribution in [0.4, 0.5) is 0 Å². The maximum atomic E-state index is 4.42. The van der Waals surface area contributed by atoms with Gasteiger partial charge in [-0.05, 0) is 48.5 Å². The van der Waals surface area contributed by atoms with Gasteiger partial charge < -0.3 is 15.2 Å². The Morgan fingerprint density at radius 3 is 2.55 bits per heavy atom. The molecule has 1 atom stereocenters. The minimum Gasteiger partial charge on any atom is -0.354 e. The lowest BCUT2D eigenvalue weighted by molar-refractivity contribution is 0.249. The highest BCUT2D eigenvalue weighted by atomic mass is 127. The van der Waals surface area contributed by atoms with Crippen LogP contribution >= 0.6 is 35.3 Å². The third kappa shape index (κ3) is 6.78. The van der Waals surface area contributed by atoms with Gasteiger partial charge in [0, 0.05) is 44.0 Å². The SMILES string of the molecule is CN=C(NCc1ccc(Cn2ccnc2)cc1)NCC(c1cccs1)N1CCCC1.I. The standard InChI is InChI=1S/C23H30N6S.HI/c1-24-23(27-16-21(22-5-4-14-30-22)29-11-2-3-12-29)26-15-19-6-8-20(9-7-19)17-28-13-10-25-18-28;/h4-10,13-14,18,21H,2-3,11-12,15-17H2,1H3,(H2,24,26,27);1H. The zero-order valence-corrected chi connectivity index (χ0v) is 21.1. The van der Waals surface area contributed by atoms with Crippen molar-refractivity contribution in [2.45, 2.75) is 32.0 Å². The predicted molar refractivity (Wildman–Crippen MR) is 139 cm³/mol. The van der Waals surface area contributed by atoms with E-state index in [1.54, 1.807) is 0 Å². The van der Waals surface area contributed by atoms with Crippen molar-refractivity contribution in [1.29, 1.82) is 0 Å². The normalized spacial score (nSPS) is 15.5. The van der Waals surface area contributed by atoms with Crippen LogP contribution in [0.3, 0.4) is 0 Å². The average molecular weight is 551 g/mol. The Hall–Kier alpha value is -1.91. The molecule has 0 saturated carbocycles. The molecule has 1 saturated heterocycles. The summed E-state index contributed by atoms with van der Waals surface area (Å²) in [5, 5.41) is 9.16. The molecule has 1 aliphatic rings. The van der Waals surface area contributed by atoms with Crippen LogP contribution in [0.5, 0.6) is 0 Å². The Morgan fingerprint density at radius 1 is 1.13 bits per heavy atom. The first-order valence-electron chi connectivity index (χ1n) is 10.6. The van der Waals surface area contributed by atoms with Crippen molar-refractivity contribution in [3.05, 3.63) is 76.5 Å². The van der Waals surface area contributed by atoms with E-state index in [9.17, 15) is 0 Å². The highest BCUT2D eigenvalue weighted by molar-refractivity contribution is 14.0. The van der Waals surface area contributed by atoms with Gasteiger partial charge in [0.1, 0.15) is 0 Å². The summed E-state index contributed by atoms with van der Waals surface area (Å²) >= 11 is 1.84. The zero-order valence-electron chi connectivity index (χ0n) is 17.9. The number of thiophene rings is 1. The lowest BCUT2D eigenvalue weighted by atomic mass is 10.1. The van der Waals surface area contributed by atoms with Gasteiger partial charge in [0.2, 0.25) is 0 Å². The largest absolute Gasteiger partial charge is 0.354 e. The molecule has 0 amide bonds. The molecule has 2 N–H and O–H groups in total. The minimum absolute atomic E-state index is 0. The van der Waals surface area contributed by atoms with Crippen molar-refractivity contribution >= 4 is 41.3 Å². The molecule has 1 aliphatic heterocycles. The summed E-state index contributed by atoms with van der Waals surface area (Å²) in [6.07, 6.45) is 8.23. The second kappa shape index (κ2) is 12.2. The number of guanidine groups is 1. The van der Waals surface area contributed by atoms with Gasteiger partial charge in [-0.25, -0.2) is 4.98 Å². The summed E-state index contributed by atoms with van der Waals surface area (Å²) in [6, 6.07) is 13.5. The third-order valence-electron chi connectivity index (χ3n) is 5.55. The third-order valence-corrected chi connectivity index (χ3v) is 6.52. The molecular formula is C23H31IN6S. The molecule has 1 unspecified atom stereocenters. The second-order valence-corrected chi connectivity index (χ2v) is 8.61. The molecule has 8 heteroatoms. The number of benzene rings is 1. The Labute approximate surface area is 205 Å². The molecule has 0 spiro atoms. The maximum absolute atomic E-state index is 4.42. The number of aliphatic imine (C=N–C) groups is 1. The summed E-state index contributed by atoms with van der Waals surface area (Å²) < 4.78 is 2.07. The van der Waals surface area contributed by atoms with Crippen molar-refractivity contribution in [1.82, 2.24) is 25.1 Å². The van der Waals surface area contributed by atoms with Crippen LogP contribution in [0.1, 0.15) is 34.9 Å². The lowest BCUT2D eigenvalue weighted by Gasteiger charge is -2.27. The van der Waals surface area contributed by atoms with Gasteiger partial charge in [-0.3, -0.25) is 9.89 Å². The molecule has 4 rings (SSSR count). The molecule has 0 aliphatic carbocycles. The molecule has 2 aromatic heterocycles. The molecule has 0 bridgehead atoms. The molecule has 6 nitrogen and oxygen atoms in total. The van der Waals surface area contributed by atoms with Crippen LogP contribution in [0.2, 0.25) is 0 Å². The number of hydrogen-bond acceptors (Lipinski definition) is 4. The fourth-order valence-electron chi connectivity index (χ4n) is 3.90. The Bertz CT molecular complexity index is 902. The summed E-state index contributed by atoms with van der Waals surface area (Å²) in [5.74, 6) is 0.846. The molecule has 1 aromatic carbocycles. The number of halogens is 1. The van der Waals surface area contributed by atoms with Gasteiger partial charge in [0.15, 0.2) is 5.96 Å². The van der Waals surface area contributed by atoms with Crippen molar-refractivity contribution in [2.24, 2.45) is 4.99 Å².